The molecule has 7 nitrogen and oxygen atoms in total. The molecule has 0 saturated heterocycles. The normalized spacial score (nSPS) is 15.1. The molecule has 1 unspecified atom stereocenters. The lowest BCUT2D eigenvalue weighted by Gasteiger charge is -2.19. The van der Waals surface area contributed by atoms with Crippen molar-refractivity contribution in [1.29, 1.82) is 0 Å². The highest BCUT2D eigenvalue weighted by molar-refractivity contribution is 7.99. The van der Waals surface area contributed by atoms with Crippen molar-refractivity contribution in [1.82, 2.24) is 14.8 Å². The van der Waals surface area contributed by atoms with E-state index in [2.05, 4.69) is 34.4 Å². The second kappa shape index (κ2) is 10.9. The van der Waals surface area contributed by atoms with Gasteiger partial charge in [-0.1, -0.05) is 24.8 Å². The molecule has 3 heterocycles. The van der Waals surface area contributed by atoms with Gasteiger partial charge in [0, 0.05) is 27.2 Å². The quantitative estimate of drug-likeness (QED) is 0.227. The van der Waals surface area contributed by atoms with Gasteiger partial charge in [-0.05, 0) is 50.7 Å². The summed E-state index contributed by atoms with van der Waals surface area (Å²) in [7, 11) is 0. The summed E-state index contributed by atoms with van der Waals surface area (Å²) < 4.78 is 7.12. The van der Waals surface area contributed by atoms with Gasteiger partial charge in [0.05, 0.1) is 17.9 Å². The van der Waals surface area contributed by atoms with Crippen molar-refractivity contribution in [2.75, 3.05) is 17.7 Å². The van der Waals surface area contributed by atoms with Gasteiger partial charge in [-0.2, -0.15) is 0 Å². The van der Waals surface area contributed by atoms with Gasteiger partial charge in [0.25, 0.3) is 0 Å². The van der Waals surface area contributed by atoms with Crippen molar-refractivity contribution in [2.24, 2.45) is 5.92 Å². The number of nitrogens with one attached hydrogen (secondary N) is 1. The van der Waals surface area contributed by atoms with Gasteiger partial charge in [0.1, 0.15) is 5.00 Å². The van der Waals surface area contributed by atoms with Crippen LogP contribution in [0.15, 0.2) is 29.3 Å². The first-order valence-electron chi connectivity index (χ1n) is 11.2. The van der Waals surface area contributed by atoms with E-state index in [-0.39, 0.29) is 18.3 Å². The van der Waals surface area contributed by atoms with Crippen LogP contribution in [0.5, 0.6) is 0 Å². The molecule has 180 valence electrons. The average Bonchev–Trinajstić information content (AvgIpc) is 3.49. The Balaban J connectivity index is 1.48. The van der Waals surface area contributed by atoms with Crippen LogP contribution in [0, 0.1) is 12.8 Å². The molecule has 0 fully saturated rings. The number of thiophene rings is 2. The van der Waals surface area contributed by atoms with Gasteiger partial charge in [0.15, 0.2) is 11.0 Å². The summed E-state index contributed by atoms with van der Waals surface area (Å²) >= 11 is 4.48. The summed E-state index contributed by atoms with van der Waals surface area (Å²) in [6.45, 7) is 10.7. The number of aryl methyl sites for hydroxylation is 1. The Kier molecular flexibility index (Phi) is 7.90. The average molecular weight is 517 g/mol. The number of carbonyl (C=O) groups excluding carboxylic acids is 2. The summed E-state index contributed by atoms with van der Waals surface area (Å²) in [5.74, 6) is 1.04. The Morgan fingerprint density at radius 2 is 2.24 bits per heavy atom. The van der Waals surface area contributed by atoms with Crippen molar-refractivity contribution in [2.45, 2.75) is 51.7 Å². The molecule has 0 saturated carbocycles. The summed E-state index contributed by atoms with van der Waals surface area (Å²) in [6, 6.07) is 1.74. The molecule has 1 N–H and O–H groups in total. The molecular weight excluding hydrogens is 488 g/mol. The molecule has 1 amide bonds. The molecule has 3 aromatic heterocycles. The predicted octanol–water partition coefficient (Wildman–Crippen LogP) is 5.59. The van der Waals surface area contributed by atoms with Crippen LogP contribution in [-0.2, 0) is 28.9 Å². The van der Waals surface area contributed by atoms with E-state index in [0.717, 1.165) is 29.1 Å². The Hall–Kier alpha value is -2.43. The number of amides is 1. The topological polar surface area (TPSA) is 86.1 Å². The number of fused-ring (bicyclic) bond motifs is 1. The Morgan fingerprint density at radius 1 is 1.41 bits per heavy atom. The molecule has 3 aromatic rings. The van der Waals surface area contributed by atoms with Crippen LogP contribution in [0.4, 0.5) is 5.00 Å². The van der Waals surface area contributed by atoms with Crippen LogP contribution in [0.25, 0.3) is 11.4 Å². The highest BCUT2D eigenvalue weighted by atomic mass is 32.2. The summed E-state index contributed by atoms with van der Waals surface area (Å²) in [4.78, 5) is 27.3. The van der Waals surface area contributed by atoms with E-state index in [1.54, 1.807) is 24.3 Å². The maximum absolute atomic E-state index is 12.7. The summed E-state index contributed by atoms with van der Waals surface area (Å²) in [5.41, 5.74) is 2.91. The van der Waals surface area contributed by atoms with Crippen LogP contribution in [-0.4, -0.2) is 39.0 Å². The monoisotopic (exact) mass is 516 g/mol. The number of esters is 1. The number of ether oxygens (including phenoxy) is 1. The zero-order chi connectivity index (χ0) is 24.2. The van der Waals surface area contributed by atoms with E-state index < -0.39 is 5.97 Å². The SMILES string of the molecule is C=CCn1c(SCC(=O)Nc2sc(C)cc2C(=O)OCC)nnc1-c1csc2c1CCC(C)C2. The molecule has 4 rings (SSSR count). The molecule has 1 aliphatic carbocycles. The lowest BCUT2D eigenvalue weighted by atomic mass is 9.88. The Bertz CT molecular complexity index is 1210. The van der Waals surface area contributed by atoms with Crippen molar-refractivity contribution >= 4 is 51.3 Å². The number of thioether (sulfide) groups is 1. The van der Waals surface area contributed by atoms with Crippen molar-refractivity contribution in [3.8, 4) is 11.4 Å². The van der Waals surface area contributed by atoms with Crippen LogP contribution in [0.1, 0.15) is 45.9 Å². The minimum absolute atomic E-state index is 0.147. The molecule has 34 heavy (non-hydrogen) atoms. The predicted molar refractivity (Wildman–Crippen MR) is 139 cm³/mol. The molecule has 0 aromatic carbocycles. The summed E-state index contributed by atoms with van der Waals surface area (Å²) in [6.07, 6.45) is 5.18. The Labute approximate surface area is 211 Å². The van der Waals surface area contributed by atoms with Gasteiger partial charge in [-0.3, -0.25) is 9.36 Å². The van der Waals surface area contributed by atoms with Crippen LogP contribution in [0.2, 0.25) is 0 Å². The van der Waals surface area contributed by atoms with Gasteiger partial charge in [-0.15, -0.1) is 39.4 Å². The van der Waals surface area contributed by atoms with E-state index in [4.69, 9.17) is 4.74 Å². The molecule has 0 spiro atoms. The number of rotatable bonds is 9. The number of hydrogen-bond donors (Lipinski definition) is 1. The Morgan fingerprint density at radius 3 is 3.00 bits per heavy atom. The number of hydrogen-bond acceptors (Lipinski definition) is 8. The highest BCUT2D eigenvalue weighted by Crippen LogP contribution is 2.38. The van der Waals surface area contributed by atoms with E-state index >= 15 is 0 Å². The summed E-state index contributed by atoms with van der Waals surface area (Å²) in [5, 5.41) is 15.1. The number of carbonyl (C=O) groups is 2. The lowest BCUT2D eigenvalue weighted by Crippen LogP contribution is -2.16. The smallest absolute Gasteiger partial charge is 0.341 e. The van der Waals surface area contributed by atoms with Crippen LogP contribution >= 0.6 is 34.4 Å². The fourth-order valence-corrected chi connectivity index (χ4v) is 6.92. The zero-order valence-corrected chi connectivity index (χ0v) is 22.0. The van der Waals surface area contributed by atoms with Crippen molar-refractivity contribution in [3.63, 3.8) is 0 Å². The molecule has 1 atom stereocenters. The van der Waals surface area contributed by atoms with Gasteiger partial charge in [-0.25, -0.2) is 4.79 Å². The van der Waals surface area contributed by atoms with E-state index in [9.17, 15) is 9.59 Å². The molecular formula is C24H28N4O3S3. The number of allylic oxidation sites excluding steroid dienone is 1. The van der Waals surface area contributed by atoms with E-state index in [1.807, 2.05) is 17.6 Å². The third kappa shape index (κ3) is 5.29. The number of anilines is 1. The molecule has 0 bridgehead atoms. The third-order valence-electron chi connectivity index (χ3n) is 5.61. The second-order valence-corrected chi connectivity index (χ2v) is 11.4. The van der Waals surface area contributed by atoms with Crippen molar-refractivity contribution < 1.29 is 14.3 Å². The van der Waals surface area contributed by atoms with E-state index in [1.165, 1.54) is 40.0 Å². The maximum Gasteiger partial charge on any atom is 0.341 e. The third-order valence-corrected chi connectivity index (χ3v) is 8.59. The fraction of sp³-hybridized carbons (Fsp3) is 0.417. The molecule has 1 aliphatic rings. The highest BCUT2D eigenvalue weighted by Gasteiger charge is 2.25. The molecule has 10 heteroatoms. The van der Waals surface area contributed by atoms with Crippen LogP contribution in [0.3, 0.4) is 0 Å². The van der Waals surface area contributed by atoms with Gasteiger partial charge in [0.2, 0.25) is 5.91 Å². The van der Waals surface area contributed by atoms with Crippen LogP contribution < -0.4 is 5.32 Å². The molecule has 0 aliphatic heterocycles. The second-order valence-electron chi connectivity index (χ2n) is 8.26. The fourth-order valence-electron chi connectivity index (χ4n) is 4.01. The molecule has 0 radical (unpaired) electrons. The first kappa shape index (κ1) is 24.7. The standard InChI is InChI=1S/C24H28N4O3S3/c1-5-9-28-21(18-12-32-19-10-14(3)7-8-16(18)19)26-27-24(28)33-13-20(29)25-22-17(11-15(4)34-22)23(30)31-6-2/h5,11-12,14H,1,6-10,13H2,2-4H3,(H,25,29). The van der Waals surface area contributed by atoms with E-state index in [0.29, 0.717) is 28.2 Å². The van der Waals surface area contributed by atoms with Gasteiger partial charge < -0.3 is 10.1 Å². The lowest BCUT2D eigenvalue weighted by molar-refractivity contribution is -0.113. The maximum atomic E-state index is 12.7. The first-order valence-corrected chi connectivity index (χ1v) is 13.9. The largest absolute Gasteiger partial charge is 0.462 e. The zero-order valence-electron chi connectivity index (χ0n) is 19.6. The number of nitrogens with zero attached hydrogens (tertiary/aromatic N) is 3. The minimum Gasteiger partial charge on any atom is -0.462 e. The number of aromatic nitrogens is 3. The first-order chi connectivity index (χ1) is 16.4. The minimum atomic E-state index is -0.432. The van der Waals surface area contributed by atoms with Gasteiger partial charge >= 0.3 is 5.97 Å². The van der Waals surface area contributed by atoms with Crippen molar-refractivity contribution in [3.05, 3.63) is 45.0 Å².